The number of hydrogen-bond acceptors (Lipinski definition) is 1. The van der Waals surface area contributed by atoms with E-state index in [9.17, 15) is 0 Å². The molecular formula is C14H16N2. The Balaban J connectivity index is 3.09. The third kappa shape index (κ3) is 1.43. The van der Waals surface area contributed by atoms with E-state index in [2.05, 4.69) is 41.0 Å². The Morgan fingerprint density at radius 3 is 2.69 bits per heavy atom. The molecule has 0 aliphatic heterocycles. The van der Waals surface area contributed by atoms with E-state index in [0.29, 0.717) is 0 Å². The van der Waals surface area contributed by atoms with Crippen LogP contribution < -0.4 is 16.0 Å². The molecule has 2 nitrogen and oxygen atoms in total. The van der Waals surface area contributed by atoms with Gasteiger partial charge in [0.2, 0.25) is 0 Å². The highest BCUT2D eigenvalue weighted by Gasteiger charge is 2.03. The second-order valence-electron chi connectivity index (χ2n) is 3.57. The van der Waals surface area contributed by atoms with E-state index >= 15 is 0 Å². The van der Waals surface area contributed by atoms with Crippen molar-refractivity contribution in [1.29, 1.82) is 0 Å². The van der Waals surface area contributed by atoms with E-state index in [1.807, 2.05) is 32.2 Å². The summed E-state index contributed by atoms with van der Waals surface area (Å²) in [5.74, 6) is 0. The quantitative estimate of drug-likeness (QED) is 0.800. The Bertz CT molecular complexity index is 633. The van der Waals surface area contributed by atoms with E-state index in [1.54, 1.807) is 0 Å². The minimum Gasteiger partial charge on any atom is -0.328 e. The van der Waals surface area contributed by atoms with Gasteiger partial charge in [-0.25, -0.2) is 0 Å². The van der Waals surface area contributed by atoms with Gasteiger partial charge in [-0.15, -0.1) is 0 Å². The maximum Gasteiger partial charge on any atom is 0.0705 e. The van der Waals surface area contributed by atoms with Crippen molar-refractivity contribution in [3.8, 4) is 0 Å². The molecule has 1 aromatic carbocycles. The van der Waals surface area contributed by atoms with Crippen LogP contribution in [0.3, 0.4) is 0 Å². The molecule has 0 unspecified atom stereocenters. The number of para-hydroxylation sites is 1. The minimum atomic E-state index is 1.17. The molecule has 0 saturated heterocycles. The number of nitrogens with one attached hydrogen (secondary N) is 1. The molecule has 1 N–H and O–H groups in total. The topological polar surface area (TPSA) is 17.0 Å². The van der Waals surface area contributed by atoms with Gasteiger partial charge in [-0.2, -0.15) is 0 Å². The van der Waals surface area contributed by atoms with Gasteiger partial charge in [0.25, 0.3) is 0 Å². The zero-order valence-corrected chi connectivity index (χ0v) is 9.70. The zero-order chi connectivity index (χ0) is 11.5. The first-order valence-electron chi connectivity index (χ1n) is 5.39. The van der Waals surface area contributed by atoms with E-state index in [4.69, 9.17) is 0 Å². The van der Waals surface area contributed by atoms with Crippen molar-refractivity contribution in [2.45, 2.75) is 6.92 Å². The van der Waals surface area contributed by atoms with Crippen LogP contribution in [0.1, 0.15) is 6.92 Å². The standard InChI is InChI=1S/C14H16N2/c1-4-8-11-12-9-6-7-10-14(12)16(15-3)13(11)5-2/h4-10,15H,1H2,2-3H3/b11-8-,13-5+. The molecule has 0 amide bonds. The number of aromatic nitrogens is 1. The molecule has 0 spiro atoms. The van der Waals surface area contributed by atoms with Crippen LogP contribution in [0.4, 0.5) is 0 Å². The Labute approximate surface area is 95.2 Å². The predicted octanol–water partition coefficient (Wildman–Crippen LogP) is 1.58. The molecule has 0 bridgehead atoms. The molecule has 0 radical (unpaired) electrons. The lowest BCUT2D eigenvalue weighted by Gasteiger charge is -2.03. The Morgan fingerprint density at radius 1 is 1.31 bits per heavy atom. The summed E-state index contributed by atoms with van der Waals surface area (Å²) in [5, 5.41) is 3.62. The number of nitrogens with zero attached hydrogens (tertiary/aromatic N) is 1. The summed E-state index contributed by atoms with van der Waals surface area (Å²) in [6, 6.07) is 8.35. The maximum atomic E-state index is 3.77. The summed E-state index contributed by atoms with van der Waals surface area (Å²) >= 11 is 0. The van der Waals surface area contributed by atoms with Crippen molar-refractivity contribution in [3.63, 3.8) is 0 Å². The SMILES string of the molecule is C=C/C=c1\c(=C/C)n(NC)c2ccccc12. The van der Waals surface area contributed by atoms with Gasteiger partial charge < -0.3 is 5.43 Å². The van der Waals surface area contributed by atoms with Crippen LogP contribution >= 0.6 is 0 Å². The van der Waals surface area contributed by atoms with Gasteiger partial charge >= 0.3 is 0 Å². The number of benzene rings is 1. The van der Waals surface area contributed by atoms with E-state index in [1.165, 1.54) is 21.5 Å². The predicted molar refractivity (Wildman–Crippen MR) is 71.3 cm³/mol. The third-order valence-electron chi connectivity index (χ3n) is 2.73. The summed E-state index contributed by atoms with van der Waals surface area (Å²) in [4.78, 5) is 0. The van der Waals surface area contributed by atoms with E-state index in [-0.39, 0.29) is 0 Å². The van der Waals surface area contributed by atoms with Crippen LogP contribution in [0.15, 0.2) is 36.9 Å². The lowest BCUT2D eigenvalue weighted by Crippen LogP contribution is -2.32. The summed E-state index contributed by atoms with van der Waals surface area (Å²) in [5.41, 5.74) is 4.39. The normalized spacial score (nSPS) is 13.4. The Hall–Kier alpha value is -1.96. The van der Waals surface area contributed by atoms with Crippen molar-refractivity contribution in [3.05, 3.63) is 47.5 Å². The lowest BCUT2D eigenvalue weighted by atomic mass is 10.2. The van der Waals surface area contributed by atoms with Gasteiger partial charge in [-0.3, -0.25) is 4.68 Å². The van der Waals surface area contributed by atoms with Gasteiger partial charge in [0.1, 0.15) is 0 Å². The lowest BCUT2D eigenvalue weighted by molar-refractivity contribution is 0.933. The molecule has 1 heterocycles. The second-order valence-corrected chi connectivity index (χ2v) is 3.57. The Morgan fingerprint density at radius 2 is 2.06 bits per heavy atom. The van der Waals surface area contributed by atoms with Crippen LogP contribution in [0.2, 0.25) is 0 Å². The average Bonchev–Trinajstić information content (AvgIpc) is 2.63. The first-order chi connectivity index (χ1) is 7.83. The first-order valence-corrected chi connectivity index (χ1v) is 5.39. The highest BCUT2D eigenvalue weighted by atomic mass is 15.4. The molecule has 2 aromatic rings. The molecule has 82 valence electrons. The molecule has 2 rings (SSSR count). The van der Waals surface area contributed by atoms with Gasteiger partial charge in [-0.1, -0.05) is 43.0 Å². The molecule has 0 aliphatic carbocycles. The molecule has 0 saturated carbocycles. The van der Waals surface area contributed by atoms with Gasteiger partial charge in [0, 0.05) is 17.7 Å². The molecule has 0 atom stereocenters. The summed E-state index contributed by atoms with van der Waals surface area (Å²) in [6.07, 6.45) is 5.98. The fourth-order valence-electron chi connectivity index (χ4n) is 2.10. The van der Waals surface area contributed by atoms with Crippen LogP contribution in [0, 0.1) is 0 Å². The fraction of sp³-hybridized carbons (Fsp3) is 0.143. The second kappa shape index (κ2) is 4.27. The van der Waals surface area contributed by atoms with Gasteiger partial charge in [0.05, 0.1) is 10.9 Å². The first kappa shape index (κ1) is 10.6. The molecule has 0 fully saturated rings. The minimum absolute atomic E-state index is 1.17. The average molecular weight is 212 g/mol. The number of hydrogen-bond donors (Lipinski definition) is 1. The van der Waals surface area contributed by atoms with E-state index < -0.39 is 0 Å². The van der Waals surface area contributed by atoms with Gasteiger partial charge in [0.15, 0.2) is 0 Å². The third-order valence-corrected chi connectivity index (χ3v) is 2.73. The van der Waals surface area contributed by atoms with Crippen molar-refractivity contribution in [1.82, 2.24) is 4.68 Å². The molecule has 0 aliphatic rings. The largest absolute Gasteiger partial charge is 0.328 e. The maximum absolute atomic E-state index is 3.77. The molecule has 1 aromatic heterocycles. The van der Waals surface area contributed by atoms with Crippen molar-refractivity contribution in [2.24, 2.45) is 0 Å². The Kier molecular flexibility index (Phi) is 2.82. The molecule has 16 heavy (non-hydrogen) atoms. The van der Waals surface area contributed by atoms with Gasteiger partial charge in [-0.05, 0) is 13.0 Å². The van der Waals surface area contributed by atoms with Crippen LogP contribution in [0.25, 0.3) is 23.1 Å². The highest BCUT2D eigenvalue weighted by molar-refractivity contribution is 5.82. The van der Waals surface area contributed by atoms with E-state index in [0.717, 1.165) is 0 Å². The van der Waals surface area contributed by atoms with Crippen molar-refractivity contribution < 1.29 is 0 Å². The van der Waals surface area contributed by atoms with Crippen LogP contribution in [-0.4, -0.2) is 11.7 Å². The van der Waals surface area contributed by atoms with Crippen molar-refractivity contribution >= 4 is 23.1 Å². The summed E-state index contributed by atoms with van der Waals surface area (Å²) in [7, 11) is 1.93. The monoisotopic (exact) mass is 212 g/mol. The highest BCUT2D eigenvalue weighted by Crippen LogP contribution is 2.06. The summed E-state index contributed by atoms with van der Waals surface area (Å²) < 4.78 is 2.09. The molecule has 2 heteroatoms. The van der Waals surface area contributed by atoms with Crippen molar-refractivity contribution in [2.75, 3.05) is 12.5 Å². The smallest absolute Gasteiger partial charge is 0.0705 e. The summed E-state index contributed by atoms with van der Waals surface area (Å²) in [6.45, 7) is 5.82. The zero-order valence-electron chi connectivity index (χ0n) is 9.70. The molecular weight excluding hydrogens is 196 g/mol. The number of rotatable bonds is 2. The fourth-order valence-corrected chi connectivity index (χ4v) is 2.10. The number of allylic oxidation sites excluding steroid dienone is 1. The van der Waals surface area contributed by atoms with Crippen LogP contribution in [0.5, 0.6) is 0 Å². The number of fused-ring (bicyclic) bond motifs is 1. The van der Waals surface area contributed by atoms with Crippen LogP contribution in [-0.2, 0) is 0 Å².